The molecular weight excluding hydrogens is 172 g/mol. The van der Waals surface area contributed by atoms with E-state index in [2.05, 4.69) is 5.32 Å². The van der Waals surface area contributed by atoms with E-state index in [9.17, 15) is 4.79 Å². The molecule has 12 heavy (non-hydrogen) atoms. The zero-order valence-electron chi connectivity index (χ0n) is 7.67. The maximum atomic E-state index is 11.1. The zero-order valence-corrected chi connectivity index (χ0v) is 8.49. The smallest absolute Gasteiger partial charge is 0.316 e. The minimum atomic E-state index is 0.0203. The highest BCUT2D eigenvalue weighted by molar-refractivity contribution is 7.99. The molecule has 0 aromatic carbocycles. The molecule has 4 heteroatoms. The molecule has 1 fully saturated rings. The monoisotopic (exact) mass is 188 g/mol. The molecule has 1 heterocycles. The average Bonchev–Trinajstić information content (AvgIpc) is 2.51. The van der Waals surface area contributed by atoms with Crippen molar-refractivity contribution < 1.29 is 4.79 Å². The molecule has 0 spiro atoms. The number of hydrogen-bond acceptors (Lipinski definition) is 2. The molecule has 0 radical (unpaired) electrons. The van der Waals surface area contributed by atoms with Gasteiger partial charge in [-0.05, 0) is 23.8 Å². The number of amides is 2. The molecule has 70 valence electrons. The third kappa shape index (κ3) is 2.93. The molecule has 0 aromatic rings. The van der Waals surface area contributed by atoms with Gasteiger partial charge in [0.1, 0.15) is 0 Å². The Morgan fingerprint density at radius 3 is 2.92 bits per heavy atom. The lowest BCUT2D eigenvalue weighted by molar-refractivity contribution is 0.216. The second-order valence-corrected chi connectivity index (χ2v) is 4.46. The van der Waals surface area contributed by atoms with Gasteiger partial charge < -0.3 is 10.2 Å². The highest BCUT2D eigenvalue weighted by Crippen LogP contribution is 2.22. The van der Waals surface area contributed by atoms with E-state index < -0.39 is 0 Å². The fourth-order valence-electron chi connectivity index (χ4n) is 1.13. The maximum absolute atomic E-state index is 11.1. The summed E-state index contributed by atoms with van der Waals surface area (Å²) in [5.74, 6) is 3.15. The van der Waals surface area contributed by atoms with Gasteiger partial charge in [-0.3, -0.25) is 0 Å². The standard InChI is InChI=1S/C8H16N2OS/c1-10(2)8(11)9-5-7-3-4-12-6-7/h7H,3-6H2,1-2H3,(H,9,11). The van der Waals surface area contributed by atoms with Crippen molar-refractivity contribution in [1.29, 1.82) is 0 Å². The first-order valence-electron chi connectivity index (χ1n) is 4.23. The highest BCUT2D eigenvalue weighted by Gasteiger charge is 2.16. The summed E-state index contributed by atoms with van der Waals surface area (Å²) in [6.45, 7) is 0.837. The van der Waals surface area contributed by atoms with Crippen LogP contribution in [0.2, 0.25) is 0 Å². The van der Waals surface area contributed by atoms with E-state index in [-0.39, 0.29) is 6.03 Å². The van der Waals surface area contributed by atoms with Gasteiger partial charge in [0.05, 0.1) is 0 Å². The third-order valence-electron chi connectivity index (χ3n) is 1.97. The van der Waals surface area contributed by atoms with Crippen LogP contribution < -0.4 is 5.32 Å². The Morgan fingerprint density at radius 2 is 2.42 bits per heavy atom. The van der Waals surface area contributed by atoms with Crippen LogP contribution in [0.5, 0.6) is 0 Å². The predicted octanol–water partition coefficient (Wildman–Crippen LogP) is 1.01. The Labute approximate surface area is 77.9 Å². The second-order valence-electron chi connectivity index (χ2n) is 3.31. The average molecular weight is 188 g/mol. The Hall–Kier alpha value is -0.380. The van der Waals surface area contributed by atoms with Crippen molar-refractivity contribution in [1.82, 2.24) is 10.2 Å². The van der Waals surface area contributed by atoms with Gasteiger partial charge in [-0.2, -0.15) is 11.8 Å². The number of thioether (sulfide) groups is 1. The van der Waals surface area contributed by atoms with Gasteiger partial charge in [-0.1, -0.05) is 0 Å². The fourth-order valence-corrected chi connectivity index (χ4v) is 2.42. The van der Waals surface area contributed by atoms with Gasteiger partial charge in [-0.25, -0.2) is 4.79 Å². The lowest BCUT2D eigenvalue weighted by Crippen LogP contribution is -2.37. The third-order valence-corrected chi connectivity index (χ3v) is 3.20. The molecule has 0 bridgehead atoms. The summed E-state index contributed by atoms with van der Waals surface area (Å²) in [6.07, 6.45) is 1.25. The molecule has 1 unspecified atom stereocenters. The van der Waals surface area contributed by atoms with Crippen LogP contribution in [0.4, 0.5) is 4.79 Å². The molecule has 1 saturated heterocycles. The van der Waals surface area contributed by atoms with Crippen molar-refractivity contribution in [3.05, 3.63) is 0 Å². The van der Waals surface area contributed by atoms with Gasteiger partial charge in [0.25, 0.3) is 0 Å². The maximum Gasteiger partial charge on any atom is 0.316 e. The van der Waals surface area contributed by atoms with E-state index in [1.165, 1.54) is 17.9 Å². The minimum absolute atomic E-state index is 0.0203. The summed E-state index contributed by atoms with van der Waals surface area (Å²) in [4.78, 5) is 12.7. The van der Waals surface area contributed by atoms with E-state index in [1.54, 1.807) is 19.0 Å². The van der Waals surface area contributed by atoms with Gasteiger partial charge in [-0.15, -0.1) is 0 Å². The van der Waals surface area contributed by atoms with E-state index in [0.717, 1.165) is 6.54 Å². The molecule has 1 atom stereocenters. The summed E-state index contributed by atoms with van der Waals surface area (Å²) in [5, 5.41) is 2.90. The molecule has 1 aliphatic rings. The number of carbonyl (C=O) groups excluding carboxylic acids is 1. The molecule has 2 amide bonds. The topological polar surface area (TPSA) is 32.3 Å². The molecule has 0 aliphatic carbocycles. The molecule has 1 aliphatic heterocycles. The number of hydrogen-bond donors (Lipinski definition) is 1. The summed E-state index contributed by atoms with van der Waals surface area (Å²) >= 11 is 1.98. The lowest BCUT2D eigenvalue weighted by Gasteiger charge is -2.14. The Bertz CT molecular complexity index is 155. The van der Waals surface area contributed by atoms with Gasteiger partial charge >= 0.3 is 6.03 Å². The SMILES string of the molecule is CN(C)C(=O)NCC1CCSC1. The van der Waals surface area contributed by atoms with Crippen LogP contribution in [0.15, 0.2) is 0 Å². The van der Waals surface area contributed by atoms with Crippen LogP contribution in [0.3, 0.4) is 0 Å². The van der Waals surface area contributed by atoms with Gasteiger partial charge in [0.15, 0.2) is 0 Å². The van der Waals surface area contributed by atoms with Crippen LogP contribution in [0.25, 0.3) is 0 Å². The fraction of sp³-hybridized carbons (Fsp3) is 0.875. The van der Waals surface area contributed by atoms with E-state index in [4.69, 9.17) is 0 Å². The Balaban J connectivity index is 2.12. The zero-order chi connectivity index (χ0) is 8.97. The van der Waals surface area contributed by atoms with Crippen molar-refractivity contribution in [2.75, 3.05) is 32.1 Å². The van der Waals surface area contributed by atoms with E-state index >= 15 is 0 Å². The van der Waals surface area contributed by atoms with Crippen LogP contribution >= 0.6 is 11.8 Å². The van der Waals surface area contributed by atoms with Crippen molar-refractivity contribution in [2.45, 2.75) is 6.42 Å². The summed E-state index contributed by atoms with van der Waals surface area (Å²) in [6, 6.07) is 0.0203. The summed E-state index contributed by atoms with van der Waals surface area (Å²) < 4.78 is 0. The van der Waals surface area contributed by atoms with E-state index in [1.807, 2.05) is 11.8 Å². The van der Waals surface area contributed by atoms with E-state index in [0.29, 0.717) is 5.92 Å². The number of urea groups is 1. The molecule has 0 aromatic heterocycles. The molecule has 0 saturated carbocycles. The quantitative estimate of drug-likeness (QED) is 0.701. The van der Waals surface area contributed by atoms with Crippen LogP contribution in [-0.2, 0) is 0 Å². The van der Waals surface area contributed by atoms with Crippen molar-refractivity contribution in [3.8, 4) is 0 Å². The summed E-state index contributed by atoms with van der Waals surface area (Å²) in [5.41, 5.74) is 0. The van der Waals surface area contributed by atoms with Crippen LogP contribution in [0, 0.1) is 5.92 Å². The number of nitrogens with one attached hydrogen (secondary N) is 1. The number of carbonyl (C=O) groups is 1. The molecule has 3 nitrogen and oxygen atoms in total. The second kappa shape index (κ2) is 4.60. The summed E-state index contributed by atoms with van der Waals surface area (Å²) in [7, 11) is 3.53. The lowest BCUT2D eigenvalue weighted by atomic mass is 10.1. The van der Waals surface area contributed by atoms with Gasteiger partial charge in [0.2, 0.25) is 0 Å². The first kappa shape index (κ1) is 9.71. The minimum Gasteiger partial charge on any atom is -0.338 e. The molecule has 1 rings (SSSR count). The normalized spacial score (nSPS) is 22.3. The Morgan fingerprint density at radius 1 is 1.67 bits per heavy atom. The van der Waals surface area contributed by atoms with Crippen LogP contribution in [-0.4, -0.2) is 43.1 Å². The van der Waals surface area contributed by atoms with Gasteiger partial charge in [0, 0.05) is 20.6 Å². The van der Waals surface area contributed by atoms with Crippen molar-refractivity contribution >= 4 is 17.8 Å². The van der Waals surface area contributed by atoms with Crippen molar-refractivity contribution in [3.63, 3.8) is 0 Å². The first-order valence-corrected chi connectivity index (χ1v) is 5.38. The highest BCUT2D eigenvalue weighted by atomic mass is 32.2. The van der Waals surface area contributed by atoms with Crippen molar-refractivity contribution in [2.24, 2.45) is 5.92 Å². The molecule has 1 N–H and O–H groups in total. The predicted molar refractivity (Wildman–Crippen MR) is 52.5 cm³/mol. The van der Waals surface area contributed by atoms with Crippen LogP contribution in [0.1, 0.15) is 6.42 Å². The largest absolute Gasteiger partial charge is 0.338 e. The first-order chi connectivity index (χ1) is 5.70. The number of nitrogens with zero attached hydrogens (tertiary/aromatic N) is 1. The molecular formula is C8H16N2OS. The Kier molecular flexibility index (Phi) is 3.72. The number of rotatable bonds is 2.